The van der Waals surface area contributed by atoms with Crippen molar-refractivity contribution < 1.29 is 0 Å². The topological polar surface area (TPSA) is 51.8 Å². The summed E-state index contributed by atoms with van der Waals surface area (Å²) in [6.07, 6.45) is 1.80. The van der Waals surface area contributed by atoms with Gasteiger partial charge in [0.05, 0.1) is 11.6 Å². The molecule has 0 aliphatic rings. The van der Waals surface area contributed by atoms with Crippen molar-refractivity contribution in [3.63, 3.8) is 0 Å². The van der Waals surface area contributed by atoms with Crippen molar-refractivity contribution in [1.29, 1.82) is 0 Å². The number of nitrogens with two attached hydrogens (primary N) is 1. The molecule has 3 nitrogen and oxygen atoms in total. The molecule has 1 aromatic carbocycles. The van der Waals surface area contributed by atoms with Crippen molar-refractivity contribution in [3.8, 4) is 0 Å². The van der Waals surface area contributed by atoms with E-state index < -0.39 is 0 Å². The predicted octanol–water partition coefficient (Wildman–Crippen LogP) is 2.41. The van der Waals surface area contributed by atoms with Crippen LogP contribution in [0, 0.1) is 0 Å². The molecule has 14 heavy (non-hydrogen) atoms. The summed E-state index contributed by atoms with van der Waals surface area (Å²) in [7, 11) is 0. The third-order valence-corrected chi connectivity index (χ3v) is 2.46. The highest BCUT2D eigenvalue weighted by molar-refractivity contribution is 9.10. The molecular weight excluding hydrogens is 242 g/mol. The SMILES string of the molecule is CC(N)c1ncc2cc(Br)ccc2n1. The van der Waals surface area contributed by atoms with Crippen molar-refractivity contribution in [2.75, 3.05) is 0 Å². The molecule has 1 heterocycles. The van der Waals surface area contributed by atoms with Crippen molar-refractivity contribution in [1.82, 2.24) is 9.97 Å². The maximum absolute atomic E-state index is 5.70. The molecule has 0 bridgehead atoms. The van der Waals surface area contributed by atoms with Crippen molar-refractivity contribution in [3.05, 3.63) is 34.7 Å². The Morgan fingerprint density at radius 2 is 2.21 bits per heavy atom. The summed E-state index contributed by atoms with van der Waals surface area (Å²) in [6.45, 7) is 1.88. The lowest BCUT2D eigenvalue weighted by Crippen LogP contribution is -2.09. The van der Waals surface area contributed by atoms with Gasteiger partial charge in [0.15, 0.2) is 0 Å². The van der Waals surface area contributed by atoms with Gasteiger partial charge < -0.3 is 5.73 Å². The van der Waals surface area contributed by atoms with Crippen LogP contribution in [-0.2, 0) is 0 Å². The molecule has 1 atom stereocenters. The highest BCUT2D eigenvalue weighted by atomic mass is 79.9. The molecule has 0 amide bonds. The monoisotopic (exact) mass is 251 g/mol. The molecule has 72 valence electrons. The average Bonchev–Trinajstić information content (AvgIpc) is 2.16. The molecule has 0 saturated heterocycles. The van der Waals surface area contributed by atoms with E-state index in [9.17, 15) is 0 Å². The number of aromatic nitrogens is 2. The molecule has 1 unspecified atom stereocenters. The fourth-order valence-electron chi connectivity index (χ4n) is 1.24. The fraction of sp³-hybridized carbons (Fsp3) is 0.200. The van der Waals surface area contributed by atoms with Crippen molar-refractivity contribution >= 4 is 26.8 Å². The highest BCUT2D eigenvalue weighted by Gasteiger charge is 2.04. The van der Waals surface area contributed by atoms with Crippen LogP contribution >= 0.6 is 15.9 Å². The number of hydrogen-bond acceptors (Lipinski definition) is 3. The lowest BCUT2D eigenvalue weighted by Gasteiger charge is -2.04. The van der Waals surface area contributed by atoms with E-state index in [-0.39, 0.29) is 6.04 Å². The number of fused-ring (bicyclic) bond motifs is 1. The van der Waals surface area contributed by atoms with Gasteiger partial charge in [0, 0.05) is 16.1 Å². The molecular formula is C10H10BrN3. The normalized spacial score (nSPS) is 13.1. The largest absolute Gasteiger partial charge is 0.322 e. The Bertz CT molecular complexity index is 468. The summed E-state index contributed by atoms with van der Waals surface area (Å²) in [5, 5.41) is 1.02. The summed E-state index contributed by atoms with van der Waals surface area (Å²) >= 11 is 3.40. The number of benzene rings is 1. The number of rotatable bonds is 1. The first-order valence-electron chi connectivity index (χ1n) is 4.34. The van der Waals surface area contributed by atoms with E-state index in [4.69, 9.17) is 5.73 Å². The van der Waals surface area contributed by atoms with Gasteiger partial charge in [-0.3, -0.25) is 0 Å². The maximum atomic E-state index is 5.70. The Hall–Kier alpha value is -1.00. The summed E-state index contributed by atoms with van der Waals surface area (Å²) in [5.74, 6) is 0.680. The van der Waals surface area contributed by atoms with E-state index in [1.165, 1.54) is 0 Å². The van der Waals surface area contributed by atoms with E-state index >= 15 is 0 Å². The fourth-order valence-corrected chi connectivity index (χ4v) is 1.62. The van der Waals surface area contributed by atoms with Crippen LogP contribution in [0.4, 0.5) is 0 Å². The Morgan fingerprint density at radius 3 is 2.93 bits per heavy atom. The van der Waals surface area contributed by atoms with Crippen molar-refractivity contribution in [2.24, 2.45) is 5.73 Å². The Kier molecular flexibility index (Phi) is 2.48. The van der Waals surface area contributed by atoms with E-state index in [0.29, 0.717) is 5.82 Å². The van der Waals surface area contributed by atoms with Crippen molar-refractivity contribution in [2.45, 2.75) is 13.0 Å². The molecule has 4 heteroatoms. The average molecular weight is 252 g/mol. The van der Waals surface area contributed by atoms with Gasteiger partial charge >= 0.3 is 0 Å². The summed E-state index contributed by atoms with van der Waals surface area (Å²) in [5.41, 5.74) is 6.63. The zero-order valence-corrected chi connectivity index (χ0v) is 9.32. The molecule has 2 aromatic rings. The van der Waals surface area contributed by atoms with Gasteiger partial charge in [-0.05, 0) is 25.1 Å². The van der Waals surface area contributed by atoms with Gasteiger partial charge in [-0.25, -0.2) is 9.97 Å². The first-order valence-corrected chi connectivity index (χ1v) is 5.14. The van der Waals surface area contributed by atoms with E-state index in [0.717, 1.165) is 15.4 Å². The summed E-state index contributed by atoms with van der Waals surface area (Å²) < 4.78 is 1.03. The second kappa shape index (κ2) is 3.63. The molecule has 0 radical (unpaired) electrons. The van der Waals surface area contributed by atoms with E-state index in [1.807, 2.05) is 25.1 Å². The van der Waals surface area contributed by atoms with Crippen LogP contribution in [0.5, 0.6) is 0 Å². The van der Waals surface area contributed by atoms with E-state index in [1.54, 1.807) is 6.20 Å². The van der Waals surface area contributed by atoms with Crippen LogP contribution in [-0.4, -0.2) is 9.97 Å². The van der Waals surface area contributed by atoms with Gasteiger partial charge in [0.2, 0.25) is 0 Å². The smallest absolute Gasteiger partial charge is 0.145 e. The zero-order chi connectivity index (χ0) is 10.1. The third-order valence-electron chi connectivity index (χ3n) is 1.97. The van der Waals surface area contributed by atoms with Gasteiger partial charge in [0.1, 0.15) is 5.82 Å². The minimum absolute atomic E-state index is 0.122. The molecule has 0 aliphatic carbocycles. The van der Waals surface area contributed by atoms with Crippen LogP contribution in [0.3, 0.4) is 0 Å². The number of hydrogen-bond donors (Lipinski definition) is 1. The molecule has 2 rings (SSSR count). The molecule has 1 aromatic heterocycles. The molecule has 0 saturated carbocycles. The standard InChI is InChI=1S/C10H10BrN3/c1-6(12)10-13-5-7-4-8(11)2-3-9(7)14-10/h2-6H,12H2,1H3. The summed E-state index contributed by atoms with van der Waals surface area (Å²) in [6, 6.07) is 5.77. The first-order chi connectivity index (χ1) is 6.66. The minimum Gasteiger partial charge on any atom is -0.322 e. The van der Waals surface area contributed by atoms with Crippen LogP contribution in [0.15, 0.2) is 28.9 Å². The second-order valence-corrected chi connectivity index (χ2v) is 4.14. The van der Waals surface area contributed by atoms with Crippen LogP contribution in [0.25, 0.3) is 10.9 Å². The molecule has 2 N–H and O–H groups in total. The Balaban J connectivity index is 2.62. The van der Waals surface area contributed by atoms with Gasteiger partial charge in [0.25, 0.3) is 0 Å². The maximum Gasteiger partial charge on any atom is 0.145 e. The second-order valence-electron chi connectivity index (χ2n) is 3.22. The van der Waals surface area contributed by atoms with Gasteiger partial charge in [-0.1, -0.05) is 15.9 Å². The zero-order valence-electron chi connectivity index (χ0n) is 7.74. The predicted molar refractivity (Wildman–Crippen MR) is 59.8 cm³/mol. The third kappa shape index (κ3) is 1.76. The number of nitrogens with zero attached hydrogens (tertiary/aromatic N) is 2. The first kappa shape index (κ1) is 9.55. The van der Waals surface area contributed by atoms with Gasteiger partial charge in [-0.2, -0.15) is 0 Å². The number of halogens is 1. The lowest BCUT2D eigenvalue weighted by molar-refractivity contribution is 0.746. The minimum atomic E-state index is -0.122. The van der Waals surface area contributed by atoms with Crippen LogP contribution < -0.4 is 5.73 Å². The van der Waals surface area contributed by atoms with Crippen LogP contribution in [0.1, 0.15) is 18.8 Å². The molecule has 0 spiro atoms. The highest BCUT2D eigenvalue weighted by Crippen LogP contribution is 2.18. The van der Waals surface area contributed by atoms with Crippen LogP contribution in [0.2, 0.25) is 0 Å². The molecule has 0 fully saturated rings. The lowest BCUT2D eigenvalue weighted by atomic mass is 10.2. The Morgan fingerprint density at radius 1 is 1.43 bits per heavy atom. The molecule has 0 aliphatic heterocycles. The van der Waals surface area contributed by atoms with Gasteiger partial charge in [-0.15, -0.1) is 0 Å². The summed E-state index contributed by atoms with van der Waals surface area (Å²) in [4.78, 5) is 8.55. The van der Waals surface area contributed by atoms with E-state index in [2.05, 4.69) is 25.9 Å². The quantitative estimate of drug-likeness (QED) is 0.847. The Labute approximate surface area is 90.5 Å².